The number of benzene rings is 2. The lowest BCUT2D eigenvalue weighted by Crippen LogP contribution is -2.27. The summed E-state index contributed by atoms with van der Waals surface area (Å²) in [6.45, 7) is 5.85. The fraction of sp³-hybridized carbons (Fsp3) is 0.269. The standard InChI is InChI=1S/C26H26ClN2O5PS/c1-26(2,3)25(31)33-16-34-35(4,32)23(21-15-36-22-10-9-19(27)13-20(21)22)24(30)29-12-11-17-7-5-6-8-18(17)14-28/h5-13,15,23H,16H2,1-4H3,(H,29,30)/b12-11+. The number of fused-ring (bicyclic) bond motifs is 1. The lowest BCUT2D eigenvalue weighted by Gasteiger charge is -2.24. The van der Waals surface area contributed by atoms with Crippen LogP contribution >= 0.6 is 30.3 Å². The fourth-order valence-corrected chi connectivity index (χ4v) is 6.22. The first-order valence-corrected chi connectivity index (χ1v) is 14.4. The SMILES string of the molecule is CC(C)(C)C(=O)OCOP(C)(=O)C(C(=O)N/C=C/c1ccccc1C#N)c1csc2ccc(Cl)cc12. The van der Waals surface area contributed by atoms with E-state index < -0.39 is 37.1 Å². The van der Waals surface area contributed by atoms with Crippen molar-refractivity contribution in [3.8, 4) is 6.07 Å². The second-order valence-electron chi connectivity index (χ2n) is 9.11. The molecule has 0 spiro atoms. The van der Waals surface area contributed by atoms with Crippen LogP contribution in [-0.4, -0.2) is 25.3 Å². The molecule has 7 nitrogen and oxygen atoms in total. The minimum absolute atomic E-state index is 0.447. The van der Waals surface area contributed by atoms with Gasteiger partial charge >= 0.3 is 5.97 Å². The van der Waals surface area contributed by atoms with Crippen LogP contribution in [0.4, 0.5) is 0 Å². The van der Waals surface area contributed by atoms with Crippen molar-refractivity contribution in [2.75, 3.05) is 13.5 Å². The number of carbonyl (C=O) groups excluding carboxylic acids is 2. The van der Waals surface area contributed by atoms with Crippen LogP contribution in [0.2, 0.25) is 5.02 Å². The Morgan fingerprint density at radius 3 is 2.67 bits per heavy atom. The van der Waals surface area contributed by atoms with Crippen molar-refractivity contribution in [2.24, 2.45) is 5.41 Å². The molecule has 2 unspecified atom stereocenters. The van der Waals surface area contributed by atoms with E-state index in [-0.39, 0.29) is 0 Å². The van der Waals surface area contributed by atoms with Crippen LogP contribution < -0.4 is 5.32 Å². The van der Waals surface area contributed by atoms with Crippen LogP contribution in [0, 0.1) is 16.7 Å². The van der Waals surface area contributed by atoms with Crippen molar-refractivity contribution < 1.29 is 23.4 Å². The summed E-state index contributed by atoms with van der Waals surface area (Å²) >= 11 is 7.58. The fourth-order valence-electron chi connectivity index (χ4n) is 3.35. The van der Waals surface area contributed by atoms with Crippen molar-refractivity contribution in [3.05, 3.63) is 75.8 Å². The van der Waals surface area contributed by atoms with Crippen molar-refractivity contribution >= 4 is 58.3 Å². The summed E-state index contributed by atoms with van der Waals surface area (Å²) in [7, 11) is -3.71. The number of esters is 1. The van der Waals surface area contributed by atoms with Gasteiger partial charge in [-0.15, -0.1) is 11.3 Å². The minimum atomic E-state index is -3.71. The summed E-state index contributed by atoms with van der Waals surface area (Å²) in [5, 5.41) is 14.8. The summed E-state index contributed by atoms with van der Waals surface area (Å²) in [5.74, 6) is -1.09. The number of halogens is 1. The Morgan fingerprint density at radius 2 is 1.97 bits per heavy atom. The van der Waals surface area contributed by atoms with Gasteiger partial charge < -0.3 is 10.1 Å². The van der Waals surface area contributed by atoms with E-state index in [1.54, 1.807) is 68.6 Å². The van der Waals surface area contributed by atoms with Crippen molar-refractivity contribution in [2.45, 2.75) is 26.4 Å². The van der Waals surface area contributed by atoms with E-state index >= 15 is 0 Å². The molecule has 1 heterocycles. The highest BCUT2D eigenvalue weighted by molar-refractivity contribution is 7.59. The number of hydrogen-bond acceptors (Lipinski definition) is 7. The number of nitrogens with one attached hydrogen (secondary N) is 1. The molecule has 0 aliphatic carbocycles. The van der Waals surface area contributed by atoms with Gasteiger partial charge in [0.05, 0.1) is 17.0 Å². The molecule has 0 aliphatic heterocycles. The molecular formula is C26H26ClN2O5PS. The maximum atomic E-state index is 13.8. The van der Waals surface area contributed by atoms with Gasteiger partial charge in [-0.05, 0) is 73.0 Å². The number of nitrogens with zero attached hydrogens (tertiary/aromatic N) is 1. The molecule has 1 N–H and O–H groups in total. The van der Waals surface area contributed by atoms with Crippen LogP contribution in [0.5, 0.6) is 0 Å². The Balaban J connectivity index is 1.91. The average Bonchev–Trinajstić information content (AvgIpc) is 3.21. The van der Waals surface area contributed by atoms with Crippen molar-refractivity contribution in [1.29, 1.82) is 5.26 Å². The van der Waals surface area contributed by atoms with Crippen molar-refractivity contribution in [1.82, 2.24) is 5.32 Å². The zero-order chi connectivity index (χ0) is 26.5. The van der Waals surface area contributed by atoms with Gasteiger partial charge in [0.25, 0.3) is 0 Å². The highest BCUT2D eigenvalue weighted by Crippen LogP contribution is 2.59. The molecule has 0 radical (unpaired) electrons. The third-order valence-electron chi connectivity index (χ3n) is 5.26. The second kappa shape index (κ2) is 11.4. The van der Waals surface area contributed by atoms with Crippen LogP contribution in [0.1, 0.15) is 43.1 Å². The van der Waals surface area contributed by atoms with E-state index in [2.05, 4.69) is 11.4 Å². The Labute approximate surface area is 219 Å². The molecule has 1 amide bonds. The first-order valence-electron chi connectivity index (χ1n) is 11.0. The number of rotatable bonds is 8. The molecule has 3 aromatic rings. The number of ether oxygens (including phenoxy) is 1. The molecule has 0 fully saturated rings. The van der Waals surface area contributed by atoms with Crippen LogP contribution in [0.3, 0.4) is 0 Å². The molecular weight excluding hydrogens is 519 g/mol. The number of hydrogen-bond donors (Lipinski definition) is 1. The molecule has 2 atom stereocenters. The monoisotopic (exact) mass is 544 g/mol. The Bertz CT molecular complexity index is 1400. The highest BCUT2D eigenvalue weighted by Gasteiger charge is 2.39. The minimum Gasteiger partial charge on any atom is -0.438 e. The molecule has 0 aliphatic rings. The van der Waals surface area contributed by atoms with Gasteiger partial charge in [0.1, 0.15) is 5.66 Å². The van der Waals surface area contributed by atoms with E-state index in [9.17, 15) is 19.4 Å². The Morgan fingerprint density at radius 1 is 1.25 bits per heavy atom. The van der Waals surface area contributed by atoms with Gasteiger partial charge in [-0.1, -0.05) is 29.8 Å². The zero-order valence-corrected chi connectivity index (χ0v) is 22.7. The summed E-state index contributed by atoms with van der Waals surface area (Å²) in [4.78, 5) is 25.5. The Hall–Kier alpha value is -2.95. The predicted molar refractivity (Wildman–Crippen MR) is 143 cm³/mol. The number of thiophene rings is 1. The summed E-state index contributed by atoms with van der Waals surface area (Å²) in [6, 6.07) is 14.3. The third-order valence-corrected chi connectivity index (χ3v) is 8.54. The van der Waals surface area contributed by atoms with Gasteiger partial charge in [-0.25, -0.2) is 0 Å². The summed E-state index contributed by atoms with van der Waals surface area (Å²) < 4.78 is 25.3. The maximum Gasteiger partial charge on any atom is 0.313 e. The van der Waals surface area contributed by atoms with Gasteiger partial charge in [0.15, 0.2) is 6.79 Å². The number of nitriles is 1. The molecule has 188 valence electrons. The molecule has 0 saturated heterocycles. The topological polar surface area (TPSA) is 105 Å². The molecule has 10 heteroatoms. The molecule has 0 saturated carbocycles. The quantitative estimate of drug-likeness (QED) is 0.191. The van der Waals surface area contributed by atoms with Crippen LogP contribution in [-0.2, 0) is 23.4 Å². The van der Waals surface area contributed by atoms with Crippen LogP contribution in [0.15, 0.2) is 54.0 Å². The predicted octanol–water partition coefficient (Wildman–Crippen LogP) is 6.73. The first kappa shape index (κ1) is 27.6. The highest BCUT2D eigenvalue weighted by atomic mass is 35.5. The van der Waals surface area contributed by atoms with E-state index in [1.807, 2.05) is 6.07 Å². The summed E-state index contributed by atoms with van der Waals surface area (Å²) in [5.41, 5.74) is -0.400. The average molecular weight is 545 g/mol. The van der Waals surface area contributed by atoms with E-state index in [0.717, 1.165) is 4.70 Å². The molecule has 3 rings (SSSR count). The van der Waals surface area contributed by atoms with Gasteiger partial charge in [-0.3, -0.25) is 18.7 Å². The largest absolute Gasteiger partial charge is 0.438 e. The lowest BCUT2D eigenvalue weighted by molar-refractivity contribution is -0.159. The summed E-state index contributed by atoms with van der Waals surface area (Å²) in [6.07, 6.45) is 2.98. The van der Waals surface area contributed by atoms with E-state index in [4.69, 9.17) is 20.9 Å². The third kappa shape index (κ3) is 6.63. The number of amides is 1. The Kier molecular flexibility index (Phi) is 8.76. The van der Waals surface area contributed by atoms with Crippen LogP contribution in [0.25, 0.3) is 16.2 Å². The molecule has 36 heavy (non-hydrogen) atoms. The van der Waals surface area contributed by atoms with E-state index in [0.29, 0.717) is 27.1 Å². The second-order valence-corrected chi connectivity index (χ2v) is 13.1. The normalized spacial score (nSPS) is 14.2. The van der Waals surface area contributed by atoms with Gasteiger partial charge in [0, 0.05) is 22.6 Å². The first-order chi connectivity index (χ1) is 16.9. The van der Waals surface area contributed by atoms with Gasteiger partial charge in [0.2, 0.25) is 13.3 Å². The lowest BCUT2D eigenvalue weighted by atomic mass is 9.98. The molecule has 2 aromatic carbocycles. The molecule has 1 aromatic heterocycles. The maximum absolute atomic E-state index is 13.8. The number of carbonyl (C=O) groups is 2. The van der Waals surface area contributed by atoms with E-state index in [1.165, 1.54) is 24.2 Å². The zero-order valence-electron chi connectivity index (χ0n) is 20.3. The van der Waals surface area contributed by atoms with Crippen molar-refractivity contribution in [3.63, 3.8) is 0 Å². The molecule has 0 bridgehead atoms. The van der Waals surface area contributed by atoms with Gasteiger partial charge in [-0.2, -0.15) is 5.26 Å². The smallest absolute Gasteiger partial charge is 0.313 e.